The van der Waals surface area contributed by atoms with Crippen molar-refractivity contribution < 1.29 is 17.6 Å². The molecule has 0 radical (unpaired) electrons. The number of hydrogen-bond acceptors (Lipinski definition) is 4. The van der Waals surface area contributed by atoms with Gasteiger partial charge in [0.05, 0.1) is 11.4 Å². The number of rotatable bonds is 3. The predicted molar refractivity (Wildman–Crippen MR) is 83.1 cm³/mol. The van der Waals surface area contributed by atoms with Crippen molar-refractivity contribution in [1.29, 1.82) is 0 Å². The van der Waals surface area contributed by atoms with Crippen LogP contribution >= 0.6 is 11.8 Å². The standard InChI is InChI=1S/C15H10F4N4S/c16-12-7-9(1-6-13(12)20)14-21-8-23(22-14)10-2-4-11(5-3-10)24-15(17,18)19/h1-8H,20H2. The first-order valence-corrected chi connectivity index (χ1v) is 7.47. The Hall–Kier alpha value is -2.55. The molecule has 0 spiro atoms. The molecule has 4 nitrogen and oxygen atoms in total. The van der Waals surface area contributed by atoms with Crippen LogP contribution < -0.4 is 5.73 Å². The first-order valence-electron chi connectivity index (χ1n) is 6.65. The molecule has 3 rings (SSSR count). The predicted octanol–water partition coefficient (Wildman–Crippen LogP) is 4.27. The molecule has 124 valence electrons. The van der Waals surface area contributed by atoms with Gasteiger partial charge in [-0.1, -0.05) is 0 Å². The topological polar surface area (TPSA) is 56.7 Å². The van der Waals surface area contributed by atoms with E-state index in [9.17, 15) is 17.6 Å². The molecule has 3 aromatic rings. The first kappa shape index (κ1) is 16.3. The summed E-state index contributed by atoms with van der Waals surface area (Å²) < 4.78 is 51.8. The average molecular weight is 354 g/mol. The second kappa shape index (κ2) is 6.16. The van der Waals surface area contributed by atoms with Crippen LogP contribution in [0.15, 0.2) is 53.7 Å². The Bertz CT molecular complexity index is 859. The zero-order valence-corrected chi connectivity index (χ0v) is 12.8. The fourth-order valence-electron chi connectivity index (χ4n) is 1.99. The summed E-state index contributed by atoms with van der Waals surface area (Å²) in [5, 5.41) is 4.19. The quantitative estimate of drug-likeness (QED) is 0.434. The highest BCUT2D eigenvalue weighted by Gasteiger charge is 2.29. The fourth-order valence-corrected chi connectivity index (χ4v) is 2.53. The molecule has 2 N–H and O–H groups in total. The second-order valence-corrected chi connectivity index (χ2v) is 5.93. The molecule has 24 heavy (non-hydrogen) atoms. The Kier molecular flexibility index (Phi) is 4.18. The van der Waals surface area contributed by atoms with Crippen LogP contribution in [0.3, 0.4) is 0 Å². The van der Waals surface area contributed by atoms with Gasteiger partial charge in [-0.25, -0.2) is 14.1 Å². The Balaban J connectivity index is 1.84. The molecule has 0 saturated carbocycles. The third-order valence-corrected chi connectivity index (χ3v) is 3.82. The molecular weight excluding hydrogens is 344 g/mol. The minimum absolute atomic E-state index is 0.0240. The molecule has 9 heteroatoms. The van der Waals surface area contributed by atoms with Crippen molar-refractivity contribution in [3.63, 3.8) is 0 Å². The van der Waals surface area contributed by atoms with E-state index in [-0.39, 0.29) is 28.2 Å². The van der Waals surface area contributed by atoms with Gasteiger partial charge in [0.1, 0.15) is 12.1 Å². The van der Waals surface area contributed by atoms with E-state index >= 15 is 0 Å². The lowest BCUT2D eigenvalue weighted by Crippen LogP contribution is -1.99. The lowest BCUT2D eigenvalue weighted by Gasteiger charge is -2.06. The van der Waals surface area contributed by atoms with Gasteiger partial charge in [-0.3, -0.25) is 0 Å². The second-order valence-electron chi connectivity index (χ2n) is 4.79. The summed E-state index contributed by atoms with van der Waals surface area (Å²) in [7, 11) is 0. The van der Waals surface area contributed by atoms with Gasteiger partial charge in [0, 0.05) is 10.5 Å². The van der Waals surface area contributed by atoms with Crippen LogP contribution in [0.4, 0.5) is 23.2 Å². The minimum Gasteiger partial charge on any atom is -0.396 e. The van der Waals surface area contributed by atoms with Gasteiger partial charge >= 0.3 is 5.51 Å². The van der Waals surface area contributed by atoms with Gasteiger partial charge in [-0.05, 0) is 54.2 Å². The maximum Gasteiger partial charge on any atom is 0.446 e. The molecule has 1 aromatic heterocycles. The molecule has 0 aliphatic heterocycles. The highest BCUT2D eigenvalue weighted by molar-refractivity contribution is 8.00. The highest BCUT2D eigenvalue weighted by Crippen LogP contribution is 2.36. The van der Waals surface area contributed by atoms with E-state index in [0.29, 0.717) is 11.3 Å². The van der Waals surface area contributed by atoms with Crippen molar-refractivity contribution in [2.24, 2.45) is 0 Å². The summed E-state index contributed by atoms with van der Waals surface area (Å²) in [5.41, 5.74) is 2.10. The van der Waals surface area contributed by atoms with Crippen LogP contribution in [-0.4, -0.2) is 20.3 Å². The summed E-state index contributed by atoms with van der Waals surface area (Å²) in [4.78, 5) is 4.15. The zero-order chi connectivity index (χ0) is 17.3. The SMILES string of the molecule is Nc1ccc(-c2ncn(-c3ccc(SC(F)(F)F)cc3)n2)cc1F. The Labute approximate surface area is 138 Å². The number of nitrogens with two attached hydrogens (primary N) is 1. The van der Waals surface area contributed by atoms with Gasteiger partial charge < -0.3 is 5.73 Å². The summed E-state index contributed by atoms with van der Waals surface area (Å²) in [6.07, 6.45) is 1.40. The Morgan fingerprint density at radius 3 is 2.38 bits per heavy atom. The first-order chi connectivity index (χ1) is 11.3. The molecule has 2 aromatic carbocycles. The number of nitrogens with zero attached hydrogens (tertiary/aromatic N) is 3. The van der Waals surface area contributed by atoms with Gasteiger partial charge in [0.25, 0.3) is 0 Å². The lowest BCUT2D eigenvalue weighted by molar-refractivity contribution is -0.0328. The maximum atomic E-state index is 13.5. The number of halogens is 4. The van der Waals surface area contributed by atoms with Crippen molar-refractivity contribution >= 4 is 17.4 Å². The molecular formula is C15H10F4N4S. The zero-order valence-electron chi connectivity index (χ0n) is 12.0. The van der Waals surface area contributed by atoms with E-state index in [0.717, 1.165) is 0 Å². The summed E-state index contributed by atoms with van der Waals surface area (Å²) in [6, 6.07) is 9.90. The molecule has 0 amide bonds. The van der Waals surface area contributed by atoms with Crippen LogP contribution in [-0.2, 0) is 0 Å². The number of aromatic nitrogens is 3. The normalized spacial score (nSPS) is 11.7. The molecule has 0 bridgehead atoms. The molecule has 0 aliphatic carbocycles. The third-order valence-electron chi connectivity index (χ3n) is 3.09. The van der Waals surface area contributed by atoms with Crippen LogP contribution in [0.25, 0.3) is 17.1 Å². The number of thioether (sulfide) groups is 1. The van der Waals surface area contributed by atoms with E-state index in [2.05, 4.69) is 10.1 Å². The summed E-state index contributed by atoms with van der Waals surface area (Å²) in [6.45, 7) is 0. The van der Waals surface area contributed by atoms with Crippen molar-refractivity contribution in [2.45, 2.75) is 10.4 Å². The largest absolute Gasteiger partial charge is 0.446 e. The Morgan fingerprint density at radius 1 is 1.04 bits per heavy atom. The minimum atomic E-state index is -4.33. The van der Waals surface area contributed by atoms with Gasteiger partial charge in [-0.15, -0.1) is 5.10 Å². The number of benzene rings is 2. The van der Waals surface area contributed by atoms with Crippen LogP contribution in [0.5, 0.6) is 0 Å². The molecule has 0 atom stereocenters. The summed E-state index contributed by atoms with van der Waals surface area (Å²) in [5.74, 6) is -0.292. The van der Waals surface area contributed by atoms with E-state index in [4.69, 9.17) is 5.73 Å². The molecule has 0 fully saturated rings. The van der Waals surface area contributed by atoms with Crippen LogP contribution in [0, 0.1) is 5.82 Å². The van der Waals surface area contributed by atoms with Crippen molar-refractivity contribution in [3.8, 4) is 17.1 Å². The van der Waals surface area contributed by atoms with Crippen molar-refractivity contribution in [3.05, 3.63) is 54.6 Å². The third kappa shape index (κ3) is 3.67. The monoisotopic (exact) mass is 354 g/mol. The van der Waals surface area contributed by atoms with Gasteiger partial charge in [0.15, 0.2) is 5.82 Å². The number of alkyl halides is 3. The van der Waals surface area contributed by atoms with Gasteiger partial charge in [-0.2, -0.15) is 13.2 Å². The number of nitrogen functional groups attached to an aromatic ring is 1. The Morgan fingerprint density at radius 2 is 1.75 bits per heavy atom. The molecule has 0 saturated heterocycles. The van der Waals surface area contributed by atoms with Gasteiger partial charge in [0.2, 0.25) is 0 Å². The number of hydrogen-bond donors (Lipinski definition) is 1. The van der Waals surface area contributed by atoms with E-state index < -0.39 is 11.3 Å². The smallest absolute Gasteiger partial charge is 0.396 e. The van der Waals surface area contributed by atoms with E-state index in [1.54, 1.807) is 6.07 Å². The van der Waals surface area contributed by atoms with E-state index in [1.807, 2.05) is 0 Å². The molecule has 0 unspecified atom stereocenters. The fraction of sp³-hybridized carbons (Fsp3) is 0.0667. The lowest BCUT2D eigenvalue weighted by atomic mass is 10.2. The van der Waals surface area contributed by atoms with Crippen molar-refractivity contribution in [1.82, 2.24) is 14.8 Å². The van der Waals surface area contributed by atoms with Crippen LogP contribution in [0.2, 0.25) is 0 Å². The maximum absolute atomic E-state index is 13.5. The highest BCUT2D eigenvalue weighted by atomic mass is 32.2. The van der Waals surface area contributed by atoms with E-state index in [1.165, 1.54) is 47.4 Å². The number of anilines is 1. The molecule has 1 heterocycles. The van der Waals surface area contributed by atoms with Crippen LogP contribution in [0.1, 0.15) is 0 Å². The average Bonchev–Trinajstić information content (AvgIpc) is 2.99. The summed E-state index contributed by atoms with van der Waals surface area (Å²) >= 11 is -0.189. The molecule has 0 aliphatic rings. The van der Waals surface area contributed by atoms with Crippen molar-refractivity contribution in [2.75, 3.05) is 5.73 Å².